The van der Waals surface area contributed by atoms with Crippen molar-refractivity contribution in [3.8, 4) is 0 Å². The quantitative estimate of drug-likeness (QED) is 0.814. The maximum Gasteiger partial charge on any atom is 0.0638 e. The number of hydrogen-bond donors (Lipinski definition) is 1. The molecule has 112 valence electrons. The molecule has 2 atom stereocenters. The fourth-order valence-corrected chi connectivity index (χ4v) is 3.92. The van der Waals surface area contributed by atoms with Gasteiger partial charge in [-0.1, -0.05) is 58.0 Å². The first kappa shape index (κ1) is 14.6. The molecule has 1 aliphatic heterocycles. The van der Waals surface area contributed by atoms with Gasteiger partial charge in [0.05, 0.1) is 12.1 Å². The second-order valence-electron chi connectivity index (χ2n) is 7.00. The fraction of sp³-hybridized carbons (Fsp3) is 0.474. The lowest BCUT2D eigenvalue weighted by Gasteiger charge is -2.43. The fourth-order valence-electron chi connectivity index (χ4n) is 3.92. The molecule has 0 bridgehead atoms. The second-order valence-corrected chi connectivity index (χ2v) is 7.00. The molecule has 2 aromatic rings. The van der Waals surface area contributed by atoms with Crippen LogP contribution in [-0.4, -0.2) is 10.3 Å². The van der Waals surface area contributed by atoms with Gasteiger partial charge < -0.3 is 5.21 Å². The first-order chi connectivity index (χ1) is 9.93. The predicted molar refractivity (Wildman–Crippen MR) is 87.5 cm³/mol. The molecule has 0 aliphatic carbocycles. The molecule has 21 heavy (non-hydrogen) atoms. The highest BCUT2D eigenvalue weighted by atomic mass is 16.5. The Balaban J connectivity index is 2.41. The largest absolute Gasteiger partial charge is 0.313 e. The highest BCUT2D eigenvalue weighted by Gasteiger charge is 2.38. The number of nitrogens with zero attached hydrogens (tertiary/aromatic N) is 1. The van der Waals surface area contributed by atoms with Crippen LogP contribution in [0.5, 0.6) is 0 Å². The molecule has 2 nitrogen and oxygen atoms in total. The minimum absolute atomic E-state index is 0.0652. The van der Waals surface area contributed by atoms with E-state index in [9.17, 15) is 5.21 Å². The summed E-state index contributed by atoms with van der Waals surface area (Å²) in [5.41, 5.74) is 3.84. The van der Waals surface area contributed by atoms with Gasteiger partial charge in [-0.2, -0.15) is 5.06 Å². The Bertz CT molecular complexity index is 675. The molecule has 0 amide bonds. The summed E-state index contributed by atoms with van der Waals surface area (Å²) >= 11 is 0. The zero-order chi connectivity index (χ0) is 15.3. The van der Waals surface area contributed by atoms with Crippen molar-refractivity contribution in [1.82, 2.24) is 5.06 Å². The Hall–Kier alpha value is -1.38. The maximum atomic E-state index is 10.9. The summed E-state index contributed by atoms with van der Waals surface area (Å²) in [6, 6.07) is 11.0. The van der Waals surface area contributed by atoms with E-state index < -0.39 is 0 Å². The first-order valence-corrected chi connectivity index (χ1v) is 7.92. The van der Waals surface area contributed by atoms with Crippen molar-refractivity contribution in [2.45, 2.75) is 46.7 Å². The van der Waals surface area contributed by atoms with E-state index in [2.05, 4.69) is 65.0 Å². The van der Waals surface area contributed by atoms with Crippen molar-refractivity contribution in [3.05, 3.63) is 47.0 Å². The third-order valence-electron chi connectivity index (χ3n) is 4.78. The van der Waals surface area contributed by atoms with Gasteiger partial charge in [0.25, 0.3) is 0 Å². The average Bonchev–Trinajstić information content (AvgIpc) is 2.41. The van der Waals surface area contributed by atoms with Gasteiger partial charge >= 0.3 is 0 Å². The number of aryl methyl sites for hydroxylation is 1. The Labute approximate surface area is 127 Å². The summed E-state index contributed by atoms with van der Waals surface area (Å²) in [5, 5.41) is 15.2. The molecule has 1 N–H and O–H groups in total. The number of hydrogen-bond acceptors (Lipinski definition) is 2. The van der Waals surface area contributed by atoms with E-state index in [-0.39, 0.29) is 12.1 Å². The van der Waals surface area contributed by atoms with Crippen molar-refractivity contribution in [3.63, 3.8) is 0 Å². The molecule has 0 saturated heterocycles. The Morgan fingerprint density at radius 3 is 2.24 bits per heavy atom. The highest BCUT2D eigenvalue weighted by Crippen LogP contribution is 2.48. The average molecular weight is 283 g/mol. The van der Waals surface area contributed by atoms with Gasteiger partial charge in [-0.05, 0) is 46.2 Å². The van der Waals surface area contributed by atoms with Crippen LogP contribution in [0.15, 0.2) is 30.3 Å². The van der Waals surface area contributed by atoms with Crippen LogP contribution in [0, 0.1) is 18.8 Å². The van der Waals surface area contributed by atoms with E-state index in [4.69, 9.17) is 0 Å². The molecule has 1 heterocycles. The van der Waals surface area contributed by atoms with E-state index in [0.717, 1.165) is 0 Å². The van der Waals surface area contributed by atoms with Gasteiger partial charge in [-0.15, -0.1) is 0 Å². The van der Waals surface area contributed by atoms with Gasteiger partial charge in [-0.3, -0.25) is 0 Å². The van der Waals surface area contributed by atoms with Crippen LogP contribution in [0.25, 0.3) is 10.8 Å². The van der Waals surface area contributed by atoms with E-state index in [0.29, 0.717) is 11.8 Å². The van der Waals surface area contributed by atoms with E-state index >= 15 is 0 Å². The van der Waals surface area contributed by atoms with Gasteiger partial charge in [0, 0.05) is 0 Å². The molecule has 2 aromatic carbocycles. The number of rotatable bonds is 2. The van der Waals surface area contributed by atoms with Crippen molar-refractivity contribution in [2.24, 2.45) is 11.8 Å². The van der Waals surface area contributed by atoms with Crippen LogP contribution in [0.4, 0.5) is 0 Å². The molecule has 0 unspecified atom stereocenters. The van der Waals surface area contributed by atoms with Crippen LogP contribution in [0.3, 0.4) is 0 Å². The lowest BCUT2D eigenvalue weighted by molar-refractivity contribution is -0.187. The summed E-state index contributed by atoms with van der Waals surface area (Å²) in [6.45, 7) is 10.9. The second kappa shape index (κ2) is 5.11. The van der Waals surface area contributed by atoms with E-state index in [1.54, 1.807) is 5.06 Å². The summed E-state index contributed by atoms with van der Waals surface area (Å²) in [5.74, 6) is 0.740. The highest BCUT2D eigenvalue weighted by molar-refractivity contribution is 5.91. The van der Waals surface area contributed by atoms with Gasteiger partial charge in [0.2, 0.25) is 0 Å². The lowest BCUT2D eigenvalue weighted by Crippen LogP contribution is -2.39. The van der Waals surface area contributed by atoms with Crippen molar-refractivity contribution in [1.29, 1.82) is 0 Å². The van der Waals surface area contributed by atoms with Crippen LogP contribution < -0.4 is 0 Å². The molecule has 1 aliphatic rings. The molecule has 0 radical (unpaired) electrons. The van der Waals surface area contributed by atoms with Crippen LogP contribution in [0.2, 0.25) is 0 Å². The van der Waals surface area contributed by atoms with E-state index in [1.165, 1.54) is 27.5 Å². The van der Waals surface area contributed by atoms with Crippen LogP contribution in [0.1, 0.15) is 56.5 Å². The predicted octanol–water partition coefficient (Wildman–Crippen LogP) is 5.25. The molecule has 2 heteroatoms. The third-order valence-corrected chi connectivity index (χ3v) is 4.78. The monoisotopic (exact) mass is 283 g/mol. The summed E-state index contributed by atoms with van der Waals surface area (Å²) < 4.78 is 0. The minimum Gasteiger partial charge on any atom is -0.313 e. The van der Waals surface area contributed by atoms with Crippen molar-refractivity contribution < 1.29 is 5.21 Å². The smallest absolute Gasteiger partial charge is 0.0638 e. The maximum absolute atomic E-state index is 10.9. The molecule has 3 rings (SSSR count). The topological polar surface area (TPSA) is 23.5 Å². The zero-order valence-corrected chi connectivity index (χ0v) is 13.6. The SMILES string of the molecule is Cc1ccc2cccc3c2c1[C@H](C(C)C)N(O)[C@H]3C(C)C. The summed E-state index contributed by atoms with van der Waals surface area (Å²) in [4.78, 5) is 0. The normalized spacial score (nSPS) is 22.5. The van der Waals surface area contributed by atoms with Crippen molar-refractivity contribution in [2.75, 3.05) is 0 Å². The van der Waals surface area contributed by atoms with Gasteiger partial charge in [0.1, 0.15) is 0 Å². The third kappa shape index (κ3) is 2.09. The minimum atomic E-state index is 0.0652. The molecular weight excluding hydrogens is 258 g/mol. The van der Waals surface area contributed by atoms with Crippen molar-refractivity contribution >= 4 is 10.8 Å². The molecule has 0 spiro atoms. The zero-order valence-electron chi connectivity index (χ0n) is 13.6. The molecule has 0 saturated carbocycles. The number of benzene rings is 2. The molecule has 0 fully saturated rings. The lowest BCUT2D eigenvalue weighted by atomic mass is 9.78. The van der Waals surface area contributed by atoms with Crippen LogP contribution in [-0.2, 0) is 0 Å². The first-order valence-electron chi connectivity index (χ1n) is 7.92. The summed E-state index contributed by atoms with van der Waals surface area (Å²) in [7, 11) is 0. The van der Waals surface area contributed by atoms with E-state index in [1.807, 2.05) is 0 Å². The molecule has 0 aromatic heterocycles. The Morgan fingerprint density at radius 1 is 0.952 bits per heavy atom. The Morgan fingerprint density at radius 2 is 1.62 bits per heavy atom. The Kier molecular flexibility index (Phi) is 3.54. The molecular formula is C19H25NO. The van der Waals surface area contributed by atoms with Gasteiger partial charge in [0.15, 0.2) is 0 Å². The summed E-state index contributed by atoms with van der Waals surface area (Å²) in [6.07, 6.45) is 0. The van der Waals surface area contributed by atoms with Gasteiger partial charge in [-0.25, -0.2) is 0 Å². The standard InChI is InChI=1S/C19H25NO/c1-11(2)18-15-8-6-7-14-10-9-13(5)16(17(14)15)19(12(3)4)20(18)21/h6-12,18-19,21H,1-5H3/t18-,19-/m0/s1. The van der Waals surface area contributed by atoms with Crippen LogP contribution >= 0.6 is 0 Å². The number of hydroxylamine groups is 2.